The van der Waals surface area contributed by atoms with Gasteiger partial charge in [-0.3, -0.25) is 52.7 Å². The topological polar surface area (TPSA) is 397 Å². The number of ether oxygens (including phenoxy) is 2. The van der Waals surface area contributed by atoms with Gasteiger partial charge >= 0.3 is 11.9 Å². The van der Waals surface area contributed by atoms with Crippen LogP contribution in [0.5, 0.6) is 11.5 Å². The van der Waals surface area contributed by atoms with Crippen LogP contribution in [0.3, 0.4) is 0 Å². The van der Waals surface area contributed by atoms with Crippen molar-refractivity contribution >= 4 is 111 Å². The summed E-state index contributed by atoms with van der Waals surface area (Å²) in [7, 11) is 0. The number of aliphatic carboxylic acids is 2. The highest BCUT2D eigenvalue weighted by atomic mass is 35.5. The summed E-state index contributed by atoms with van der Waals surface area (Å²) in [5.74, 6) is -10.5. The molecule has 0 aliphatic heterocycles. The van der Waals surface area contributed by atoms with Crippen molar-refractivity contribution in [3.8, 4) is 11.5 Å². The lowest BCUT2D eigenvalue weighted by molar-refractivity contribution is -0.141. The van der Waals surface area contributed by atoms with Crippen molar-refractivity contribution in [2.45, 2.75) is 115 Å². The van der Waals surface area contributed by atoms with E-state index in [1.165, 1.54) is 42.5 Å². The molecule has 0 heterocycles. The van der Waals surface area contributed by atoms with Gasteiger partial charge in [-0.1, -0.05) is 79.5 Å². The molecule has 0 fully saturated rings. The molecule has 0 aromatic heterocycles. The van der Waals surface area contributed by atoms with Crippen molar-refractivity contribution in [2.75, 3.05) is 26.3 Å². The highest BCUT2D eigenvalue weighted by Gasteiger charge is 2.31. The number of rotatable bonds is 37. The van der Waals surface area contributed by atoms with Gasteiger partial charge in [-0.05, 0) is 123 Å². The molecule has 14 N–H and O–H groups in total. The fourth-order valence-corrected chi connectivity index (χ4v) is 8.59. The van der Waals surface area contributed by atoms with Crippen molar-refractivity contribution in [2.24, 2.45) is 17.2 Å². The molecule has 0 aliphatic rings. The van der Waals surface area contributed by atoms with E-state index in [0.717, 1.165) is 0 Å². The molecule has 3 aromatic carbocycles. The van der Waals surface area contributed by atoms with Crippen LogP contribution >= 0.6 is 46.4 Å². The Kier molecular flexibility index (Phi) is 29.2. The summed E-state index contributed by atoms with van der Waals surface area (Å²) in [5.41, 5.74) is 18.2. The van der Waals surface area contributed by atoms with Crippen molar-refractivity contribution in [1.29, 1.82) is 0 Å². The Bertz CT molecular complexity index is 2780. The van der Waals surface area contributed by atoms with Crippen LogP contribution in [0.4, 0.5) is 0 Å². The number of ketones is 2. The second kappa shape index (κ2) is 34.7. The summed E-state index contributed by atoms with van der Waals surface area (Å²) in [5, 5.41) is 33.4. The summed E-state index contributed by atoms with van der Waals surface area (Å²) < 4.78 is 11.0. The van der Waals surface area contributed by atoms with E-state index in [0.29, 0.717) is 38.5 Å². The number of halogens is 4. The Morgan fingerprint density at radius 1 is 0.530 bits per heavy atom. The van der Waals surface area contributed by atoms with E-state index in [4.69, 9.17) is 73.1 Å². The van der Waals surface area contributed by atoms with Crippen LogP contribution in [0.25, 0.3) is 0 Å². The SMILES string of the molecule is C=C(CC)C(=O)c1ccc(OCC(=O)N[C@@H](CC(=O)O)C(=O)N[C@@H](CCCCN)C(=O)NCc2cc(CNC(=O)[C@H](CCCCN)NC(=O)[C@H](CC(=O)O)NC(=O)COc3ccc(C(=O)C(=C)CC)c(Cl)c3Cl)cc(C(N)=O)c2)c(Cl)c1Cl. The lowest BCUT2D eigenvalue weighted by Gasteiger charge is -2.23. The quantitative estimate of drug-likeness (QED) is 0.0218. The molecule has 24 nitrogen and oxygen atoms in total. The zero-order chi connectivity index (χ0) is 62.1. The molecule has 3 rings (SSSR count). The third-order valence-corrected chi connectivity index (χ3v) is 14.0. The molecule has 450 valence electrons. The lowest BCUT2D eigenvalue weighted by Crippen LogP contribution is -2.54. The predicted octanol–water partition coefficient (Wildman–Crippen LogP) is 4.23. The molecule has 0 saturated heterocycles. The van der Waals surface area contributed by atoms with Gasteiger partial charge in [0.05, 0.1) is 22.9 Å². The molecule has 0 saturated carbocycles. The van der Waals surface area contributed by atoms with Gasteiger partial charge in [-0.25, -0.2) is 0 Å². The minimum Gasteiger partial charge on any atom is -0.482 e. The number of allylic oxidation sites excluding steroid dienone is 2. The predicted molar refractivity (Wildman–Crippen MR) is 308 cm³/mol. The fourth-order valence-electron chi connectivity index (χ4n) is 7.67. The second-order valence-corrected chi connectivity index (χ2v) is 20.1. The van der Waals surface area contributed by atoms with E-state index >= 15 is 0 Å². The van der Waals surface area contributed by atoms with E-state index < -0.39 is 115 Å². The number of hydrogen-bond donors (Lipinski definition) is 11. The van der Waals surface area contributed by atoms with Crippen LogP contribution in [-0.4, -0.2) is 126 Å². The number of carboxylic acids is 2. The van der Waals surface area contributed by atoms with E-state index in [9.17, 15) is 63.0 Å². The van der Waals surface area contributed by atoms with Crippen molar-refractivity contribution in [3.05, 3.63) is 115 Å². The van der Waals surface area contributed by atoms with Crippen LogP contribution in [0.1, 0.15) is 120 Å². The first-order valence-corrected chi connectivity index (χ1v) is 27.5. The molecule has 28 heteroatoms. The Morgan fingerprint density at radius 3 is 1.23 bits per heavy atom. The van der Waals surface area contributed by atoms with E-state index in [2.05, 4.69) is 45.1 Å². The Morgan fingerprint density at radius 2 is 0.904 bits per heavy atom. The molecule has 0 aliphatic carbocycles. The minimum absolute atomic E-state index is 0.00991. The molecule has 4 atom stereocenters. The molecule has 3 aromatic rings. The third kappa shape index (κ3) is 22.2. The van der Waals surface area contributed by atoms with Crippen molar-refractivity contribution < 1.29 is 72.4 Å². The van der Waals surface area contributed by atoms with Crippen LogP contribution in [-0.2, 0) is 51.4 Å². The maximum atomic E-state index is 13.8. The highest BCUT2D eigenvalue weighted by Crippen LogP contribution is 2.37. The number of primary amides is 1. The Labute approximate surface area is 498 Å². The first-order chi connectivity index (χ1) is 39.3. The number of Topliss-reactive ketones (excluding diaryl/α,β-unsaturated/α-hetero) is 2. The van der Waals surface area contributed by atoms with Gasteiger partial charge in [-0.2, -0.15) is 0 Å². The fraction of sp³-hybridized carbons (Fsp3) is 0.400. The number of carbonyl (C=O) groups excluding carboxylic acids is 9. The van der Waals surface area contributed by atoms with Crippen molar-refractivity contribution in [1.82, 2.24) is 31.9 Å². The molecule has 7 amide bonds. The second-order valence-electron chi connectivity index (χ2n) is 18.6. The summed E-state index contributed by atoms with van der Waals surface area (Å²) in [6.45, 7) is 9.20. The van der Waals surface area contributed by atoms with Gasteiger partial charge in [0.1, 0.15) is 45.7 Å². The van der Waals surface area contributed by atoms with Gasteiger partial charge in [0.25, 0.3) is 11.8 Å². The normalized spacial score (nSPS) is 12.2. The molecule has 0 unspecified atom stereocenters. The third-order valence-electron chi connectivity index (χ3n) is 12.3. The molecular formula is C55H67Cl4N9O15. The number of amides is 7. The van der Waals surface area contributed by atoms with E-state index in [1.54, 1.807) is 13.8 Å². The smallest absolute Gasteiger partial charge is 0.305 e. The summed E-state index contributed by atoms with van der Waals surface area (Å²) in [6.07, 6.45) is 0.397. The standard InChI is InChI=1S/C55H67Cl4N9O15/c1-5-28(3)49(75)33-13-15-39(47(58)45(33)56)82-26-41(69)65-37(22-43(71)72)54(80)67-35(11-7-9-17-60)52(78)63-24-30-19-31(21-32(20-30)51(62)77)25-64-53(79)36(12-8-10-18-61)68-55(81)38(23-44(73)74)66-42(70)27-83-40-16-14-34(46(57)48(40)59)50(76)29(4)6-2/h13-16,19-21,35-38H,3-12,17-18,22-27,60-61H2,1-2H3,(H2,62,77)(H,63,78)(H,64,79)(H,65,69)(H,66,70)(H,67,80)(H,68,81)(H,71,72)(H,73,74)/t35-,36-,37-,38-/m0/s1. The number of nitrogens with one attached hydrogen (secondary N) is 6. The van der Waals surface area contributed by atoms with Gasteiger partial charge in [0, 0.05) is 29.8 Å². The van der Waals surface area contributed by atoms with Crippen LogP contribution in [0, 0.1) is 0 Å². The first kappa shape index (κ1) is 69.7. The number of benzene rings is 3. The zero-order valence-electron chi connectivity index (χ0n) is 45.5. The largest absolute Gasteiger partial charge is 0.482 e. The minimum atomic E-state index is -1.72. The molecule has 0 bridgehead atoms. The molecular weight excluding hydrogens is 1170 g/mol. The Balaban J connectivity index is 1.74. The molecule has 83 heavy (non-hydrogen) atoms. The first-order valence-electron chi connectivity index (χ1n) is 25.9. The zero-order valence-corrected chi connectivity index (χ0v) is 48.5. The summed E-state index contributed by atoms with van der Waals surface area (Å²) in [6, 6.07) is 3.44. The number of nitrogens with two attached hydrogens (primary N) is 3. The van der Waals surface area contributed by atoms with Crippen molar-refractivity contribution in [3.63, 3.8) is 0 Å². The lowest BCUT2D eigenvalue weighted by atomic mass is 10.0. The van der Waals surface area contributed by atoms with Crippen LogP contribution in [0.15, 0.2) is 66.8 Å². The Hall–Kier alpha value is -7.61. The van der Waals surface area contributed by atoms with Gasteiger partial charge in [0.15, 0.2) is 24.8 Å². The highest BCUT2D eigenvalue weighted by molar-refractivity contribution is 6.46. The molecule has 0 spiro atoms. The van der Waals surface area contributed by atoms with E-state index in [-0.39, 0.29) is 110 Å². The monoisotopic (exact) mass is 1230 g/mol. The van der Waals surface area contributed by atoms with Gasteiger partial charge in [0.2, 0.25) is 29.5 Å². The number of carbonyl (C=O) groups is 11. The number of carboxylic acid groups (broad SMARTS) is 2. The maximum absolute atomic E-state index is 13.8. The van der Waals surface area contributed by atoms with Gasteiger partial charge < -0.3 is 68.8 Å². The average molecular weight is 1240 g/mol. The van der Waals surface area contributed by atoms with Crippen LogP contribution in [0.2, 0.25) is 20.1 Å². The number of hydrogen-bond acceptors (Lipinski definition) is 15. The number of unbranched alkanes of at least 4 members (excludes halogenated alkanes) is 2. The molecule has 0 radical (unpaired) electrons. The van der Waals surface area contributed by atoms with E-state index in [1.807, 2.05) is 0 Å². The van der Waals surface area contributed by atoms with Crippen LogP contribution < -0.4 is 58.6 Å². The summed E-state index contributed by atoms with van der Waals surface area (Å²) in [4.78, 5) is 142. The summed E-state index contributed by atoms with van der Waals surface area (Å²) >= 11 is 25.3. The maximum Gasteiger partial charge on any atom is 0.305 e. The average Bonchev–Trinajstić information content (AvgIpc) is 3.47. The van der Waals surface area contributed by atoms with Gasteiger partial charge in [-0.15, -0.1) is 0 Å².